The lowest BCUT2D eigenvalue weighted by atomic mass is 10.1. The smallest absolute Gasteiger partial charge is 0.220 e. The van der Waals surface area contributed by atoms with E-state index in [-0.39, 0.29) is 18.4 Å². The first kappa shape index (κ1) is 49.3. The number of amides is 2. The minimum Gasteiger partial charge on any atom is -0.394 e. The molecule has 0 aliphatic carbocycles. The predicted molar refractivity (Wildman–Crippen MR) is 216 cm³/mol. The number of nitrogens with one attached hydrogen (secondary N) is 2. The summed E-state index contributed by atoms with van der Waals surface area (Å²) in [5.74, 6) is 0.264. The number of allylic oxidation sites excluding steroid dienone is 4. The van der Waals surface area contributed by atoms with Crippen LogP contribution in [0.3, 0.4) is 0 Å². The maximum absolute atomic E-state index is 12.5. The van der Waals surface area contributed by atoms with Gasteiger partial charge in [0.1, 0.15) is 6.54 Å². The lowest BCUT2D eigenvalue weighted by Gasteiger charge is -2.34. The molecule has 0 aliphatic heterocycles. The van der Waals surface area contributed by atoms with Gasteiger partial charge >= 0.3 is 0 Å². The largest absolute Gasteiger partial charge is 0.394 e. The van der Waals surface area contributed by atoms with Gasteiger partial charge in [-0.2, -0.15) is 0 Å². The number of ether oxygens (including phenoxy) is 2. The number of likely N-dealkylation sites (N-methyl/N-ethyl adjacent to an activating group) is 1. The van der Waals surface area contributed by atoms with E-state index in [1.165, 1.54) is 116 Å². The quantitative estimate of drug-likeness (QED) is 0.0333. The van der Waals surface area contributed by atoms with Crippen LogP contribution in [0.1, 0.15) is 168 Å². The summed E-state index contributed by atoms with van der Waals surface area (Å²) in [4.78, 5) is 25.1. The zero-order valence-electron chi connectivity index (χ0n) is 33.9. The highest BCUT2D eigenvalue weighted by Gasteiger charge is 2.22. The molecule has 0 bridgehead atoms. The van der Waals surface area contributed by atoms with Crippen LogP contribution in [0.25, 0.3) is 0 Å². The molecule has 0 aromatic heterocycles. The molecule has 0 fully saturated rings. The number of unbranched alkanes of at least 4 members (excludes halogenated alkanes) is 18. The van der Waals surface area contributed by atoms with E-state index in [4.69, 9.17) is 14.6 Å². The molecule has 51 heavy (non-hydrogen) atoms. The van der Waals surface area contributed by atoms with Crippen LogP contribution < -0.4 is 10.6 Å². The summed E-state index contributed by atoms with van der Waals surface area (Å²) >= 11 is 0. The highest BCUT2D eigenvalue weighted by molar-refractivity contribution is 5.76. The van der Waals surface area contributed by atoms with Crippen LogP contribution in [0.4, 0.5) is 0 Å². The molecule has 0 aliphatic rings. The fourth-order valence-electron chi connectivity index (χ4n) is 6.12. The zero-order chi connectivity index (χ0) is 37.4. The molecular formula is C43H84N3O5+. The van der Waals surface area contributed by atoms with Crippen molar-refractivity contribution in [3.8, 4) is 0 Å². The Hall–Kier alpha value is -1.74. The molecule has 0 rings (SSSR count). The molecule has 2 amide bonds. The molecule has 0 aromatic rings. The molecule has 0 saturated heterocycles. The molecule has 0 aromatic carbocycles. The fourth-order valence-corrected chi connectivity index (χ4v) is 6.12. The second kappa shape index (κ2) is 39.5. The number of carbonyl (C=O) groups excluding carboxylic acids is 2. The second-order valence-corrected chi connectivity index (χ2v) is 14.7. The minimum absolute atomic E-state index is 0.0146. The Balaban J connectivity index is 4.20. The maximum atomic E-state index is 12.5. The van der Waals surface area contributed by atoms with E-state index in [2.05, 4.69) is 55.8 Å². The van der Waals surface area contributed by atoms with Crippen molar-refractivity contribution in [1.82, 2.24) is 10.6 Å². The van der Waals surface area contributed by atoms with Gasteiger partial charge in [0, 0.05) is 12.8 Å². The summed E-state index contributed by atoms with van der Waals surface area (Å²) in [6, 6.07) is 0. The Morgan fingerprint density at radius 3 is 1.29 bits per heavy atom. The van der Waals surface area contributed by atoms with Gasteiger partial charge in [-0.05, 0) is 64.2 Å². The van der Waals surface area contributed by atoms with E-state index >= 15 is 0 Å². The van der Waals surface area contributed by atoms with Crippen LogP contribution in [0.2, 0.25) is 0 Å². The topological polar surface area (TPSA) is 96.9 Å². The summed E-state index contributed by atoms with van der Waals surface area (Å²) in [5, 5.41) is 15.1. The van der Waals surface area contributed by atoms with Crippen LogP contribution in [-0.4, -0.2) is 94.2 Å². The summed E-state index contributed by atoms with van der Waals surface area (Å²) in [7, 11) is 2.17. The van der Waals surface area contributed by atoms with Crippen molar-refractivity contribution in [2.45, 2.75) is 168 Å². The minimum atomic E-state index is 0.0146. The maximum Gasteiger partial charge on any atom is 0.220 e. The first-order chi connectivity index (χ1) is 25.0. The predicted octanol–water partition coefficient (Wildman–Crippen LogP) is 9.21. The highest BCUT2D eigenvalue weighted by atomic mass is 16.5. The van der Waals surface area contributed by atoms with Crippen molar-refractivity contribution in [3.63, 3.8) is 0 Å². The van der Waals surface area contributed by atoms with Crippen LogP contribution >= 0.6 is 0 Å². The molecule has 0 heterocycles. The second-order valence-electron chi connectivity index (χ2n) is 14.7. The van der Waals surface area contributed by atoms with Gasteiger partial charge in [-0.1, -0.05) is 115 Å². The summed E-state index contributed by atoms with van der Waals surface area (Å²) in [5.41, 5.74) is 0. The summed E-state index contributed by atoms with van der Waals surface area (Å²) in [6.45, 7) is 9.95. The van der Waals surface area contributed by atoms with Crippen molar-refractivity contribution in [3.05, 3.63) is 24.3 Å². The Bertz CT molecular complexity index is 765. The third kappa shape index (κ3) is 37.8. The van der Waals surface area contributed by atoms with Crippen molar-refractivity contribution in [2.75, 3.05) is 72.8 Å². The molecule has 0 spiro atoms. The third-order valence-electron chi connectivity index (χ3n) is 9.66. The number of aliphatic hydroxyl groups excluding tert-OH is 1. The van der Waals surface area contributed by atoms with Gasteiger partial charge in [0.25, 0.3) is 0 Å². The Morgan fingerprint density at radius 2 is 0.882 bits per heavy atom. The van der Waals surface area contributed by atoms with Crippen LogP contribution in [-0.2, 0) is 19.1 Å². The molecule has 8 heteroatoms. The van der Waals surface area contributed by atoms with Gasteiger partial charge < -0.3 is 29.7 Å². The molecule has 3 N–H and O–H groups in total. The van der Waals surface area contributed by atoms with Crippen molar-refractivity contribution in [2.24, 2.45) is 0 Å². The monoisotopic (exact) mass is 723 g/mol. The van der Waals surface area contributed by atoms with E-state index in [0.29, 0.717) is 56.8 Å². The highest BCUT2D eigenvalue weighted by Crippen LogP contribution is 2.11. The SMILES string of the molecule is CCCCCC/C=C\CCCCCCCC(=O)NCC[N+](C)(CCNC(=O)CCCCCCC/C=C\CCCCCC)CCOCCOCCO. The Kier molecular flexibility index (Phi) is 38.1. The van der Waals surface area contributed by atoms with E-state index in [1.807, 2.05) is 0 Å². The first-order valence-electron chi connectivity index (χ1n) is 21.4. The van der Waals surface area contributed by atoms with E-state index in [0.717, 1.165) is 45.3 Å². The standard InChI is InChI=1S/C43H83N3O5/c1-4-6-8-10-12-14-16-18-20-22-24-26-28-30-42(48)44-32-34-46(3,36-38-50-40-41-51-39-37-47)35-33-45-43(49)31-29-27-25-23-21-19-17-15-13-11-9-7-5-2/h14-17,47H,4-13,18-41H2,1-3H3,(H-,44,45,48,49)/p+1/b16-14-,17-15-. The van der Waals surface area contributed by atoms with Gasteiger partial charge in [0.05, 0.1) is 66.3 Å². The van der Waals surface area contributed by atoms with Gasteiger partial charge in [0.2, 0.25) is 11.8 Å². The number of hydrogen-bond donors (Lipinski definition) is 3. The van der Waals surface area contributed by atoms with Crippen molar-refractivity contribution in [1.29, 1.82) is 0 Å². The summed E-state index contributed by atoms with van der Waals surface area (Å²) in [6.07, 6.45) is 37.4. The normalized spacial score (nSPS) is 12.0. The third-order valence-corrected chi connectivity index (χ3v) is 9.66. The summed E-state index contributed by atoms with van der Waals surface area (Å²) < 4.78 is 11.8. The average molecular weight is 723 g/mol. The van der Waals surface area contributed by atoms with Gasteiger partial charge in [0.15, 0.2) is 0 Å². The average Bonchev–Trinajstić information content (AvgIpc) is 3.12. The number of nitrogens with zero attached hydrogens (tertiary/aromatic N) is 1. The van der Waals surface area contributed by atoms with E-state index in [9.17, 15) is 9.59 Å². The molecule has 300 valence electrons. The van der Waals surface area contributed by atoms with Crippen molar-refractivity contribution < 1.29 is 28.7 Å². The van der Waals surface area contributed by atoms with Gasteiger partial charge in [-0.15, -0.1) is 0 Å². The molecule has 0 saturated carbocycles. The molecular weight excluding hydrogens is 638 g/mol. The van der Waals surface area contributed by atoms with E-state index < -0.39 is 0 Å². The van der Waals surface area contributed by atoms with Crippen LogP contribution in [0.15, 0.2) is 24.3 Å². The van der Waals surface area contributed by atoms with Gasteiger partial charge in [-0.3, -0.25) is 9.59 Å². The van der Waals surface area contributed by atoms with Crippen LogP contribution in [0, 0.1) is 0 Å². The number of quaternary nitrogens is 1. The fraction of sp³-hybridized carbons (Fsp3) is 0.860. The van der Waals surface area contributed by atoms with E-state index in [1.54, 1.807) is 0 Å². The number of carbonyl (C=O) groups is 2. The lowest BCUT2D eigenvalue weighted by Crippen LogP contribution is -2.53. The Labute approximate surface area is 315 Å². The molecule has 0 atom stereocenters. The zero-order valence-corrected chi connectivity index (χ0v) is 33.9. The molecule has 8 nitrogen and oxygen atoms in total. The number of aliphatic hydroxyl groups is 1. The van der Waals surface area contributed by atoms with Gasteiger partial charge in [-0.25, -0.2) is 0 Å². The number of hydrogen-bond acceptors (Lipinski definition) is 5. The number of rotatable bonds is 40. The van der Waals surface area contributed by atoms with Crippen molar-refractivity contribution >= 4 is 11.8 Å². The van der Waals surface area contributed by atoms with Crippen LogP contribution in [0.5, 0.6) is 0 Å². The Morgan fingerprint density at radius 1 is 0.510 bits per heavy atom. The first-order valence-corrected chi connectivity index (χ1v) is 21.4. The molecule has 0 unspecified atom stereocenters. The lowest BCUT2D eigenvalue weighted by molar-refractivity contribution is -0.907. The molecule has 0 radical (unpaired) electrons.